The number of benzene rings is 2. The van der Waals surface area contributed by atoms with Crippen molar-refractivity contribution in [3.8, 4) is 17.6 Å². The monoisotopic (exact) mass is 345 g/mol. The summed E-state index contributed by atoms with van der Waals surface area (Å²) in [6.07, 6.45) is 3.31. The first-order valence-corrected chi connectivity index (χ1v) is 7.88. The van der Waals surface area contributed by atoms with Gasteiger partial charge < -0.3 is 14.8 Å². The first-order chi connectivity index (χ1) is 12.7. The number of methoxy groups -OCH3 is 2. The second-order valence-corrected chi connectivity index (χ2v) is 5.68. The Morgan fingerprint density at radius 1 is 1.08 bits per heavy atom. The van der Waals surface area contributed by atoms with E-state index in [0.717, 1.165) is 22.0 Å². The van der Waals surface area contributed by atoms with E-state index in [9.17, 15) is 5.26 Å². The van der Waals surface area contributed by atoms with E-state index < -0.39 is 0 Å². The maximum absolute atomic E-state index is 9.52. The highest BCUT2D eigenvalue weighted by Gasteiger charge is 2.14. The van der Waals surface area contributed by atoms with Crippen LogP contribution >= 0.6 is 0 Å². The van der Waals surface area contributed by atoms with Crippen LogP contribution in [0.25, 0.3) is 21.8 Å². The Labute approximate surface area is 149 Å². The number of hydrogen-bond donors (Lipinski definition) is 2. The molecule has 0 saturated heterocycles. The van der Waals surface area contributed by atoms with Crippen LogP contribution in [0.5, 0.6) is 11.5 Å². The number of aromatic amines is 1. The summed E-state index contributed by atoms with van der Waals surface area (Å²) in [5.74, 6) is 1.16. The second-order valence-electron chi connectivity index (χ2n) is 5.68. The number of aromatic nitrogens is 3. The molecular formula is C19H15N5O2. The fourth-order valence-corrected chi connectivity index (χ4v) is 2.90. The number of H-pyrrole nitrogens is 1. The van der Waals surface area contributed by atoms with E-state index in [1.807, 2.05) is 24.3 Å². The number of nitriles is 1. The Morgan fingerprint density at radius 2 is 1.88 bits per heavy atom. The third-order valence-corrected chi connectivity index (χ3v) is 4.21. The third-order valence-electron chi connectivity index (χ3n) is 4.21. The van der Waals surface area contributed by atoms with Gasteiger partial charge in [0.2, 0.25) is 0 Å². The van der Waals surface area contributed by atoms with Crippen LogP contribution in [0, 0.1) is 11.3 Å². The van der Waals surface area contributed by atoms with E-state index in [-0.39, 0.29) is 0 Å². The molecule has 4 rings (SSSR count). The molecule has 0 fully saturated rings. The van der Waals surface area contributed by atoms with Crippen molar-refractivity contribution in [2.75, 3.05) is 19.5 Å². The van der Waals surface area contributed by atoms with E-state index in [4.69, 9.17) is 9.47 Å². The molecule has 7 nitrogen and oxygen atoms in total. The number of nitrogens with one attached hydrogen (secondary N) is 2. The van der Waals surface area contributed by atoms with E-state index >= 15 is 0 Å². The first-order valence-electron chi connectivity index (χ1n) is 7.88. The summed E-state index contributed by atoms with van der Waals surface area (Å²) in [4.78, 5) is 4.37. The van der Waals surface area contributed by atoms with E-state index in [2.05, 4.69) is 26.6 Å². The summed E-state index contributed by atoms with van der Waals surface area (Å²) in [7, 11) is 3.15. The fraction of sp³-hybridized carbons (Fsp3) is 0.105. The quantitative estimate of drug-likeness (QED) is 0.585. The third kappa shape index (κ3) is 2.54. The van der Waals surface area contributed by atoms with Crippen molar-refractivity contribution in [1.29, 1.82) is 5.26 Å². The second kappa shape index (κ2) is 6.26. The molecule has 0 bridgehead atoms. The zero-order valence-electron chi connectivity index (χ0n) is 14.2. The molecule has 0 radical (unpaired) electrons. The standard InChI is InChI=1S/C19H15N5O2/c1-25-17-6-14-16(7-18(17)26-2)21-9-12(8-20)19(14)23-13-4-3-11-10-22-24-15(11)5-13/h3-7,9-10H,1-2H3,(H,21,23)(H,22,24). The summed E-state index contributed by atoms with van der Waals surface area (Å²) >= 11 is 0. The number of nitrogens with zero attached hydrogens (tertiary/aromatic N) is 3. The van der Waals surface area contributed by atoms with Gasteiger partial charge in [-0.25, -0.2) is 0 Å². The minimum absolute atomic E-state index is 0.439. The Kier molecular flexibility index (Phi) is 3.78. The van der Waals surface area contributed by atoms with E-state index in [1.54, 1.807) is 32.7 Å². The van der Waals surface area contributed by atoms with E-state index in [1.165, 1.54) is 0 Å². The lowest BCUT2D eigenvalue weighted by molar-refractivity contribution is 0.356. The van der Waals surface area contributed by atoms with Gasteiger partial charge in [-0.1, -0.05) is 0 Å². The molecule has 2 heterocycles. The molecule has 128 valence electrons. The Bertz CT molecular complexity index is 1160. The van der Waals surface area contributed by atoms with Gasteiger partial charge in [-0.2, -0.15) is 10.4 Å². The number of anilines is 2. The molecule has 2 N–H and O–H groups in total. The van der Waals surface area contributed by atoms with Crippen molar-refractivity contribution < 1.29 is 9.47 Å². The maximum Gasteiger partial charge on any atom is 0.162 e. The summed E-state index contributed by atoms with van der Waals surface area (Å²) in [5, 5.41) is 21.6. The number of hydrogen-bond acceptors (Lipinski definition) is 6. The molecule has 0 saturated carbocycles. The van der Waals surface area contributed by atoms with E-state index in [0.29, 0.717) is 28.3 Å². The average Bonchev–Trinajstić information content (AvgIpc) is 3.15. The van der Waals surface area contributed by atoms with Crippen molar-refractivity contribution in [1.82, 2.24) is 15.2 Å². The fourth-order valence-electron chi connectivity index (χ4n) is 2.90. The van der Waals surface area contributed by atoms with Gasteiger partial charge >= 0.3 is 0 Å². The van der Waals surface area contributed by atoms with Crippen molar-refractivity contribution in [2.45, 2.75) is 0 Å². The molecule has 0 unspecified atom stereocenters. The lowest BCUT2D eigenvalue weighted by Crippen LogP contribution is -1.98. The van der Waals surface area contributed by atoms with Gasteiger partial charge in [0.05, 0.1) is 42.7 Å². The lowest BCUT2D eigenvalue weighted by Gasteiger charge is -2.14. The zero-order chi connectivity index (χ0) is 18.1. The minimum Gasteiger partial charge on any atom is -0.493 e. The number of fused-ring (bicyclic) bond motifs is 2. The summed E-state index contributed by atoms with van der Waals surface area (Å²) in [6.45, 7) is 0. The Balaban J connectivity index is 1.89. The van der Waals surface area contributed by atoms with Gasteiger partial charge in [-0.15, -0.1) is 0 Å². The van der Waals surface area contributed by atoms with Crippen LogP contribution < -0.4 is 14.8 Å². The van der Waals surface area contributed by atoms with Gasteiger partial charge in [0.15, 0.2) is 11.5 Å². The van der Waals surface area contributed by atoms with Crippen LogP contribution in [-0.4, -0.2) is 29.4 Å². The van der Waals surface area contributed by atoms with Crippen LogP contribution in [0.15, 0.2) is 42.7 Å². The predicted molar refractivity (Wildman–Crippen MR) is 98.9 cm³/mol. The molecule has 0 atom stereocenters. The zero-order valence-corrected chi connectivity index (χ0v) is 14.2. The van der Waals surface area contributed by atoms with Gasteiger partial charge in [0.1, 0.15) is 6.07 Å². The highest BCUT2D eigenvalue weighted by molar-refractivity contribution is 5.98. The summed E-state index contributed by atoms with van der Waals surface area (Å²) < 4.78 is 10.7. The van der Waals surface area contributed by atoms with Gasteiger partial charge in [-0.05, 0) is 24.3 Å². The molecule has 0 aliphatic carbocycles. The van der Waals surface area contributed by atoms with Gasteiger partial charge in [0.25, 0.3) is 0 Å². The Morgan fingerprint density at radius 3 is 2.65 bits per heavy atom. The molecule has 2 aromatic heterocycles. The predicted octanol–water partition coefficient (Wildman–Crippen LogP) is 3.74. The summed E-state index contributed by atoms with van der Waals surface area (Å²) in [5.41, 5.74) is 3.55. The summed E-state index contributed by atoms with van der Waals surface area (Å²) in [6, 6.07) is 11.6. The molecule has 4 aromatic rings. The van der Waals surface area contributed by atoms with Crippen LogP contribution in [0.2, 0.25) is 0 Å². The number of ether oxygens (including phenoxy) is 2. The number of rotatable bonds is 4. The molecule has 0 amide bonds. The largest absolute Gasteiger partial charge is 0.493 e. The topological polar surface area (TPSA) is 95.9 Å². The highest BCUT2D eigenvalue weighted by Crippen LogP contribution is 2.37. The molecule has 0 aliphatic heterocycles. The Hall–Kier alpha value is -3.79. The van der Waals surface area contributed by atoms with Crippen molar-refractivity contribution in [2.24, 2.45) is 0 Å². The van der Waals surface area contributed by atoms with Crippen molar-refractivity contribution in [3.63, 3.8) is 0 Å². The molecular weight excluding hydrogens is 330 g/mol. The van der Waals surface area contributed by atoms with Crippen LogP contribution in [0.3, 0.4) is 0 Å². The normalized spacial score (nSPS) is 10.7. The van der Waals surface area contributed by atoms with Gasteiger partial charge in [-0.3, -0.25) is 10.1 Å². The average molecular weight is 345 g/mol. The highest BCUT2D eigenvalue weighted by atomic mass is 16.5. The van der Waals surface area contributed by atoms with Crippen LogP contribution in [-0.2, 0) is 0 Å². The maximum atomic E-state index is 9.52. The SMILES string of the molecule is COc1cc2ncc(C#N)c(Nc3ccc4cn[nH]c4c3)c2cc1OC. The van der Waals surface area contributed by atoms with Crippen molar-refractivity contribution >= 4 is 33.2 Å². The molecule has 26 heavy (non-hydrogen) atoms. The minimum atomic E-state index is 0.439. The molecule has 7 heteroatoms. The van der Waals surface area contributed by atoms with Crippen molar-refractivity contribution in [3.05, 3.63) is 48.3 Å². The first kappa shape index (κ1) is 15.7. The lowest BCUT2D eigenvalue weighted by atomic mass is 10.1. The molecule has 0 spiro atoms. The molecule has 2 aromatic carbocycles. The smallest absolute Gasteiger partial charge is 0.162 e. The van der Waals surface area contributed by atoms with Gasteiger partial charge in [0, 0.05) is 28.7 Å². The van der Waals surface area contributed by atoms with Crippen LogP contribution in [0.4, 0.5) is 11.4 Å². The molecule has 0 aliphatic rings. The van der Waals surface area contributed by atoms with Crippen LogP contribution in [0.1, 0.15) is 5.56 Å². The number of pyridine rings is 1.